The molecular formula is C33H48O8. The van der Waals surface area contributed by atoms with Gasteiger partial charge in [-0.15, -0.1) is 0 Å². The predicted molar refractivity (Wildman–Crippen MR) is 159 cm³/mol. The van der Waals surface area contributed by atoms with Crippen molar-refractivity contribution in [1.82, 2.24) is 0 Å². The van der Waals surface area contributed by atoms with Gasteiger partial charge in [0.05, 0.1) is 25.0 Å². The Bertz CT molecular complexity index is 1110. The molecule has 41 heavy (non-hydrogen) atoms. The summed E-state index contributed by atoms with van der Waals surface area (Å²) in [6, 6.07) is 7.50. The number of phenolic OH excluding ortho intramolecular Hbond substituents is 2. The molecule has 8 nitrogen and oxygen atoms in total. The monoisotopic (exact) mass is 572 g/mol. The Morgan fingerprint density at radius 1 is 0.683 bits per heavy atom. The number of benzene rings is 2. The van der Waals surface area contributed by atoms with Crippen LogP contribution in [0.25, 0.3) is 0 Å². The van der Waals surface area contributed by atoms with Crippen molar-refractivity contribution in [2.45, 2.75) is 91.9 Å². The van der Waals surface area contributed by atoms with E-state index in [2.05, 4.69) is 0 Å². The highest BCUT2D eigenvalue weighted by atomic mass is 16.7. The molecule has 2 aromatic carbocycles. The van der Waals surface area contributed by atoms with Crippen molar-refractivity contribution in [2.75, 3.05) is 20.0 Å². The summed E-state index contributed by atoms with van der Waals surface area (Å²) in [6.07, 6.45) is 0.827. The van der Waals surface area contributed by atoms with Gasteiger partial charge in [-0.05, 0) is 72.6 Å². The summed E-state index contributed by atoms with van der Waals surface area (Å²) in [5.41, 5.74) is 4.15. The van der Waals surface area contributed by atoms with Crippen LogP contribution in [0, 0.1) is 25.7 Å². The fraction of sp³-hybridized carbons (Fsp3) is 0.576. The SMILES string of the molecule is Cc1cc(CC(CCOCOCCC(Cc2cc(C)cc(C(C)(C)C)c2O)C(=O)O)C(=O)O)c(O)c(C(C)(C)C)c1. The van der Waals surface area contributed by atoms with Crippen LogP contribution in [0.4, 0.5) is 0 Å². The van der Waals surface area contributed by atoms with Gasteiger partial charge in [0.1, 0.15) is 18.3 Å². The number of carboxylic acid groups (broad SMARTS) is 2. The van der Waals surface area contributed by atoms with Crippen LogP contribution in [-0.2, 0) is 42.7 Å². The van der Waals surface area contributed by atoms with E-state index in [-0.39, 0.29) is 68.0 Å². The largest absolute Gasteiger partial charge is 0.507 e. The van der Waals surface area contributed by atoms with Crippen LogP contribution in [0.5, 0.6) is 11.5 Å². The van der Waals surface area contributed by atoms with Crippen molar-refractivity contribution in [3.8, 4) is 11.5 Å². The lowest BCUT2D eigenvalue weighted by molar-refractivity contribution is -0.143. The fourth-order valence-electron chi connectivity index (χ4n) is 4.95. The number of phenols is 2. The molecule has 0 radical (unpaired) electrons. The molecule has 2 rings (SSSR count). The van der Waals surface area contributed by atoms with E-state index in [1.807, 2.05) is 79.7 Å². The smallest absolute Gasteiger partial charge is 0.306 e. The topological polar surface area (TPSA) is 134 Å². The lowest BCUT2D eigenvalue weighted by Gasteiger charge is -2.24. The van der Waals surface area contributed by atoms with Gasteiger partial charge in [-0.25, -0.2) is 0 Å². The minimum absolute atomic E-state index is 0.0909. The van der Waals surface area contributed by atoms with E-state index >= 15 is 0 Å². The van der Waals surface area contributed by atoms with Crippen LogP contribution in [0.15, 0.2) is 24.3 Å². The molecule has 0 aliphatic carbocycles. The van der Waals surface area contributed by atoms with Gasteiger partial charge in [0, 0.05) is 0 Å². The van der Waals surface area contributed by atoms with E-state index in [0.717, 1.165) is 22.3 Å². The zero-order chi connectivity index (χ0) is 31.1. The maximum absolute atomic E-state index is 11.9. The Kier molecular flexibility index (Phi) is 11.8. The molecular weight excluding hydrogens is 524 g/mol. The predicted octanol–water partition coefficient (Wildman–Crippen LogP) is 6.27. The molecule has 228 valence electrons. The molecule has 0 fully saturated rings. The third-order valence-corrected chi connectivity index (χ3v) is 7.30. The van der Waals surface area contributed by atoms with Crippen LogP contribution in [0.3, 0.4) is 0 Å². The molecule has 0 saturated carbocycles. The molecule has 0 spiro atoms. The highest BCUT2D eigenvalue weighted by Crippen LogP contribution is 2.37. The van der Waals surface area contributed by atoms with Crippen LogP contribution in [0.1, 0.15) is 87.8 Å². The standard InChI is InChI=1S/C33H48O8/c1-20-13-24(28(34)26(15-20)32(3,4)5)17-22(30(36)37)9-11-40-19-41-12-10-23(31(38)39)18-25-14-21(2)16-27(29(25)35)33(6,7)8/h13-16,22-23,34-35H,9-12,17-19H2,1-8H3,(H,36,37)(H,38,39). The van der Waals surface area contributed by atoms with Crippen molar-refractivity contribution in [3.05, 3.63) is 57.6 Å². The second-order valence-corrected chi connectivity index (χ2v) is 13.1. The van der Waals surface area contributed by atoms with E-state index in [4.69, 9.17) is 9.47 Å². The maximum atomic E-state index is 11.9. The molecule has 4 N–H and O–H groups in total. The third-order valence-electron chi connectivity index (χ3n) is 7.30. The van der Waals surface area contributed by atoms with Crippen LogP contribution < -0.4 is 0 Å². The minimum atomic E-state index is -0.967. The number of hydrogen-bond donors (Lipinski definition) is 4. The number of ether oxygens (including phenoxy) is 2. The van der Waals surface area contributed by atoms with Crippen LogP contribution in [-0.4, -0.2) is 52.4 Å². The maximum Gasteiger partial charge on any atom is 0.306 e. The molecule has 0 aliphatic heterocycles. The molecule has 0 amide bonds. The normalized spacial score (nSPS) is 13.7. The average Bonchev–Trinajstić information content (AvgIpc) is 2.83. The molecule has 2 aromatic rings. The summed E-state index contributed by atoms with van der Waals surface area (Å²) in [7, 11) is 0. The summed E-state index contributed by atoms with van der Waals surface area (Å²) in [5.74, 6) is -3.14. The van der Waals surface area contributed by atoms with Gasteiger partial charge in [0.25, 0.3) is 0 Å². The number of carbonyl (C=O) groups is 2. The molecule has 0 bridgehead atoms. The summed E-state index contributed by atoms with van der Waals surface area (Å²) < 4.78 is 11.0. The van der Waals surface area contributed by atoms with Crippen molar-refractivity contribution in [1.29, 1.82) is 0 Å². The summed E-state index contributed by atoms with van der Waals surface area (Å²) in [6.45, 7) is 16.1. The van der Waals surface area contributed by atoms with Gasteiger partial charge >= 0.3 is 11.9 Å². The Morgan fingerprint density at radius 3 is 1.32 bits per heavy atom. The van der Waals surface area contributed by atoms with Gasteiger partial charge in [0.15, 0.2) is 0 Å². The molecule has 0 saturated heterocycles. The van der Waals surface area contributed by atoms with Gasteiger partial charge < -0.3 is 29.9 Å². The molecule has 0 aliphatic rings. The summed E-state index contributed by atoms with van der Waals surface area (Å²) in [5, 5.41) is 41.1. The van der Waals surface area contributed by atoms with Crippen molar-refractivity contribution < 1.29 is 39.5 Å². The lowest BCUT2D eigenvalue weighted by atomic mass is 9.82. The van der Waals surface area contributed by atoms with E-state index in [9.17, 15) is 30.0 Å². The summed E-state index contributed by atoms with van der Waals surface area (Å²) >= 11 is 0. The van der Waals surface area contributed by atoms with E-state index in [1.165, 1.54) is 0 Å². The van der Waals surface area contributed by atoms with Crippen LogP contribution in [0.2, 0.25) is 0 Å². The van der Waals surface area contributed by atoms with E-state index in [1.54, 1.807) is 0 Å². The van der Waals surface area contributed by atoms with Gasteiger partial charge in [-0.1, -0.05) is 76.9 Å². The van der Waals surface area contributed by atoms with Gasteiger partial charge in [-0.3, -0.25) is 9.59 Å². The van der Waals surface area contributed by atoms with Gasteiger partial charge in [0.2, 0.25) is 0 Å². The number of aromatic hydroxyl groups is 2. The van der Waals surface area contributed by atoms with Crippen molar-refractivity contribution in [3.63, 3.8) is 0 Å². The third kappa shape index (κ3) is 10.0. The van der Waals surface area contributed by atoms with Crippen molar-refractivity contribution in [2.24, 2.45) is 11.8 Å². The highest BCUT2D eigenvalue weighted by molar-refractivity contribution is 5.71. The Labute approximate surface area is 244 Å². The van der Waals surface area contributed by atoms with Crippen molar-refractivity contribution >= 4 is 11.9 Å². The summed E-state index contributed by atoms with van der Waals surface area (Å²) in [4.78, 5) is 23.8. The Balaban J connectivity index is 1.88. The number of hydrogen-bond acceptors (Lipinski definition) is 6. The zero-order valence-corrected chi connectivity index (χ0v) is 25.8. The van der Waals surface area contributed by atoms with Gasteiger partial charge in [-0.2, -0.15) is 0 Å². The second kappa shape index (κ2) is 14.2. The highest BCUT2D eigenvalue weighted by Gasteiger charge is 2.26. The molecule has 2 unspecified atom stereocenters. The first-order valence-corrected chi connectivity index (χ1v) is 14.2. The molecule has 0 heterocycles. The molecule has 0 aromatic heterocycles. The molecule has 2 atom stereocenters. The Morgan fingerprint density at radius 2 is 1.02 bits per heavy atom. The molecule has 8 heteroatoms. The fourth-order valence-corrected chi connectivity index (χ4v) is 4.95. The lowest BCUT2D eigenvalue weighted by Crippen LogP contribution is -2.21. The first-order valence-electron chi connectivity index (χ1n) is 14.2. The number of carboxylic acids is 2. The first-order chi connectivity index (χ1) is 18.9. The average molecular weight is 573 g/mol. The number of aryl methyl sites for hydroxylation is 2. The van der Waals surface area contributed by atoms with E-state index < -0.39 is 23.8 Å². The quantitative estimate of drug-likeness (QED) is 0.154. The first kappa shape index (κ1) is 34.1. The minimum Gasteiger partial charge on any atom is -0.507 e. The Hall–Kier alpha value is -3.10. The number of rotatable bonds is 14. The zero-order valence-electron chi connectivity index (χ0n) is 25.8. The second-order valence-electron chi connectivity index (χ2n) is 13.1. The number of aliphatic carboxylic acids is 2. The van der Waals surface area contributed by atoms with E-state index in [0.29, 0.717) is 11.1 Å². The van der Waals surface area contributed by atoms with Crippen LogP contribution >= 0.6 is 0 Å².